The highest BCUT2D eigenvalue weighted by Crippen LogP contribution is 2.20. The first kappa shape index (κ1) is 19.3. The van der Waals surface area contributed by atoms with Crippen molar-refractivity contribution in [3.63, 3.8) is 0 Å². The van der Waals surface area contributed by atoms with Crippen molar-refractivity contribution in [1.82, 2.24) is 0 Å². The van der Waals surface area contributed by atoms with Gasteiger partial charge in [-0.15, -0.1) is 11.3 Å². The molecule has 0 aliphatic carbocycles. The van der Waals surface area contributed by atoms with Crippen LogP contribution < -0.4 is 0 Å². The van der Waals surface area contributed by atoms with E-state index in [1.54, 1.807) is 13.0 Å². The highest BCUT2D eigenvalue weighted by molar-refractivity contribution is 7.10. The van der Waals surface area contributed by atoms with Crippen LogP contribution in [0.1, 0.15) is 17.4 Å². The van der Waals surface area contributed by atoms with Gasteiger partial charge in [0.2, 0.25) is 0 Å². The van der Waals surface area contributed by atoms with E-state index >= 15 is 0 Å². The third kappa shape index (κ3) is 7.40. The van der Waals surface area contributed by atoms with Gasteiger partial charge >= 0.3 is 11.9 Å². The number of thiophene rings is 1. The van der Waals surface area contributed by atoms with Gasteiger partial charge in [-0.05, 0) is 30.0 Å². The normalized spacial score (nSPS) is 11.1. The molecule has 0 amide bonds. The molecule has 23 heavy (non-hydrogen) atoms. The average molecular weight is 342 g/mol. The van der Waals surface area contributed by atoms with Gasteiger partial charge in [-0.3, -0.25) is 4.79 Å². The van der Waals surface area contributed by atoms with Crippen LogP contribution in [0.3, 0.4) is 0 Å². The Kier molecular flexibility index (Phi) is 9.20. The van der Waals surface area contributed by atoms with Gasteiger partial charge in [0, 0.05) is 25.2 Å². The Morgan fingerprint density at radius 3 is 2.57 bits per heavy atom. The molecular weight excluding hydrogens is 320 g/mol. The van der Waals surface area contributed by atoms with Crippen LogP contribution in [0.15, 0.2) is 17.5 Å². The summed E-state index contributed by atoms with van der Waals surface area (Å²) in [6, 6.07) is 1.84. The summed E-state index contributed by atoms with van der Waals surface area (Å²) in [7, 11) is 3.07. The minimum Gasteiger partial charge on any atom is -0.463 e. The van der Waals surface area contributed by atoms with E-state index in [4.69, 9.17) is 18.9 Å². The molecule has 0 bridgehead atoms. The zero-order valence-corrected chi connectivity index (χ0v) is 14.4. The fourth-order valence-electron chi connectivity index (χ4n) is 1.84. The van der Waals surface area contributed by atoms with Crippen LogP contribution in [-0.2, 0) is 35.0 Å². The third-order valence-corrected chi connectivity index (χ3v) is 3.71. The molecule has 0 aromatic carbocycles. The molecule has 0 atom stereocenters. The molecule has 1 aromatic heterocycles. The van der Waals surface area contributed by atoms with E-state index in [1.807, 2.05) is 11.4 Å². The monoisotopic (exact) mass is 342 g/mol. The topological polar surface area (TPSA) is 71.1 Å². The van der Waals surface area contributed by atoms with Gasteiger partial charge in [-0.25, -0.2) is 4.79 Å². The Bertz CT molecular complexity index is 516. The average Bonchev–Trinajstić information content (AvgIpc) is 2.93. The van der Waals surface area contributed by atoms with Crippen LogP contribution >= 0.6 is 11.3 Å². The highest BCUT2D eigenvalue weighted by atomic mass is 32.1. The van der Waals surface area contributed by atoms with E-state index in [2.05, 4.69) is 0 Å². The van der Waals surface area contributed by atoms with Crippen molar-refractivity contribution in [3.8, 4) is 0 Å². The zero-order valence-electron chi connectivity index (χ0n) is 13.6. The molecule has 0 saturated carbocycles. The van der Waals surface area contributed by atoms with Gasteiger partial charge in [0.1, 0.15) is 6.10 Å². The first-order valence-corrected chi connectivity index (χ1v) is 8.07. The lowest BCUT2D eigenvalue weighted by Crippen LogP contribution is -2.28. The van der Waals surface area contributed by atoms with Crippen molar-refractivity contribution in [1.29, 1.82) is 0 Å². The lowest BCUT2D eigenvalue weighted by molar-refractivity contribution is -0.153. The van der Waals surface area contributed by atoms with E-state index in [9.17, 15) is 9.59 Å². The second kappa shape index (κ2) is 10.9. The molecule has 0 aliphatic heterocycles. The second-order valence-electron chi connectivity index (χ2n) is 4.58. The minimum absolute atomic E-state index is 0.129. The van der Waals surface area contributed by atoms with E-state index in [1.165, 1.54) is 31.6 Å². The largest absolute Gasteiger partial charge is 0.463 e. The second-order valence-corrected chi connectivity index (χ2v) is 5.58. The van der Waals surface area contributed by atoms with Crippen molar-refractivity contribution >= 4 is 29.4 Å². The standard InChI is InChI=1S/C16H22O6S/c1-4-21-15(17)6-5-12-7-8-23-14(12)9-16(18)22-13(10-19-2)11-20-3/h5-8,13H,4,9-11H2,1-3H3/b6-5+. The van der Waals surface area contributed by atoms with Crippen molar-refractivity contribution < 1.29 is 28.5 Å². The number of hydrogen-bond acceptors (Lipinski definition) is 7. The maximum atomic E-state index is 12.0. The number of carbonyl (C=O) groups excluding carboxylic acids is 2. The molecule has 1 heterocycles. The predicted octanol–water partition coefficient (Wildman–Crippen LogP) is 2.07. The van der Waals surface area contributed by atoms with E-state index < -0.39 is 12.1 Å². The number of hydrogen-bond donors (Lipinski definition) is 0. The van der Waals surface area contributed by atoms with Crippen LogP contribution in [0.2, 0.25) is 0 Å². The van der Waals surface area contributed by atoms with Gasteiger partial charge in [0.05, 0.1) is 26.2 Å². The van der Waals surface area contributed by atoms with Gasteiger partial charge < -0.3 is 18.9 Å². The van der Waals surface area contributed by atoms with Crippen molar-refractivity contribution in [2.45, 2.75) is 19.4 Å². The number of methoxy groups -OCH3 is 2. The Morgan fingerprint density at radius 2 is 1.96 bits per heavy atom. The summed E-state index contributed by atoms with van der Waals surface area (Å²) >= 11 is 1.43. The van der Waals surface area contributed by atoms with Crippen molar-refractivity contribution in [3.05, 3.63) is 28.0 Å². The highest BCUT2D eigenvalue weighted by Gasteiger charge is 2.16. The van der Waals surface area contributed by atoms with Crippen LogP contribution in [0.5, 0.6) is 0 Å². The first-order chi connectivity index (χ1) is 11.1. The van der Waals surface area contributed by atoms with Gasteiger partial charge in [0.25, 0.3) is 0 Å². The molecule has 0 unspecified atom stereocenters. The van der Waals surface area contributed by atoms with Gasteiger partial charge in [-0.2, -0.15) is 0 Å². The molecule has 0 aliphatic rings. The lowest BCUT2D eigenvalue weighted by Gasteiger charge is -2.16. The molecule has 0 radical (unpaired) electrons. The molecule has 0 saturated heterocycles. The van der Waals surface area contributed by atoms with Gasteiger partial charge in [0.15, 0.2) is 0 Å². The summed E-state index contributed by atoms with van der Waals surface area (Å²) in [6.07, 6.45) is 2.68. The van der Waals surface area contributed by atoms with Crippen LogP contribution in [-0.4, -0.2) is 52.1 Å². The summed E-state index contributed by atoms with van der Waals surface area (Å²) in [5.74, 6) is -0.773. The molecule has 6 nitrogen and oxygen atoms in total. The molecule has 128 valence electrons. The molecule has 0 N–H and O–H groups in total. The maximum absolute atomic E-state index is 12.0. The maximum Gasteiger partial charge on any atom is 0.330 e. The van der Waals surface area contributed by atoms with Crippen LogP contribution in [0.4, 0.5) is 0 Å². The van der Waals surface area contributed by atoms with E-state index in [0.717, 1.165) is 10.4 Å². The Morgan fingerprint density at radius 1 is 1.26 bits per heavy atom. The van der Waals surface area contributed by atoms with Crippen molar-refractivity contribution in [2.24, 2.45) is 0 Å². The number of esters is 2. The van der Waals surface area contributed by atoms with Crippen LogP contribution in [0, 0.1) is 0 Å². The Labute approximate surface area is 140 Å². The van der Waals surface area contributed by atoms with Crippen LogP contribution in [0.25, 0.3) is 6.08 Å². The lowest BCUT2D eigenvalue weighted by atomic mass is 10.2. The smallest absolute Gasteiger partial charge is 0.330 e. The molecule has 1 aromatic rings. The number of ether oxygens (including phenoxy) is 4. The fraction of sp³-hybridized carbons (Fsp3) is 0.500. The summed E-state index contributed by atoms with van der Waals surface area (Å²) < 4.78 is 20.1. The first-order valence-electron chi connectivity index (χ1n) is 7.19. The fourth-order valence-corrected chi connectivity index (χ4v) is 2.69. The zero-order chi connectivity index (χ0) is 17.1. The predicted molar refractivity (Wildman–Crippen MR) is 87.3 cm³/mol. The Hall–Kier alpha value is -1.70. The summed E-state index contributed by atoms with van der Waals surface area (Å²) in [6.45, 7) is 2.62. The summed E-state index contributed by atoms with van der Waals surface area (Å²) in [5, 5.41) is 1.86. The minimum atomic E-state index is -0.434. The molecule has 0 spiro atoms. The summed E-state index contributed by atoms with van der Waals surface area (Å²) in [4.78, 5) is 24.2. The van der Waals surface area contributed by atoms with Gasteiger partial charge in [-0.1, -0.05) is 0 Å². The summed E-state index contributed by atoms with van der Waals surface area (Å²) in [5.41, 5.74) is 0.801. The molecular formula is C16H22O6S. The quantitative estimate of drug-likeness (QED) is 0.479. The number of rotatable bonds is 10. The Balaban J connectivity index is 2.62. The molecule has 1 rings (SSSR count). The van der Waals surface area contributed by atoms with E-state index in [0.29, 0.717) is 6.61 Å². The molecule has 7 heteroatoms. The van der Waals surface area contributed by atoms with E-state index in [-0.39, 0.29) is 25.6 Å². The SMILES string of the molecule is CCOC(=O)/C=C/c1ccsc1CC(=O)OC(COC)COC. The third-order valence-electron chi connectivity index (χ3n) is 2.77. The van der Waals surface area contributed by atoms with Crippen molar-refractivity contribution in [2.75, 3.05) is 34.0 Å². The number of carbonyl (C=O) groups is 2. The molecule has 0 fully saturated rings.